The first kappa shape index (κ1) is 23.3. The Balaban J connectivity index is 2.97. The molecule has 0 amide bonds. The first-order chi connectivity index (χ1) is 12.2. The minimum absolute atomic E-state index is 0.246. The van der Waals surface area contributed by atoms with Gasteiger partial charge in [-0.05, 0) is 45.0 Å². The summed E-state index contributed by atoms with van der Waals surface area (Å²) < 4.78 is 73.9. The number of esters is 2. The van der Waals surface area contributed by atoms with Crippen molar-refractivity contribution in [3.05, 3.63) is 35.4 Å². The molecule has 0 radical (unpaired) electrons. The summed E-state index contributed by atoms with van der Waals surface area (Å²) in [6.45, 7) is 4.00. The molecule has 0 aliphatic heterocycles. The van der Waals surface area contributed by atoms with Crippen LogP contribution in [0.25, 0.3) is 0 Å². The molecule has 0 saturated heterocycles. The topological polar surface area (TPSA) is 52.6 Å². The molecule has 1 aromatic rings. The quantitative estimate of drug-likeness (QED) is 0.326. The standard InChI is InChI=1S/C17H18BrF5O4/c1-4-26-14(25)16(19,20)9-12(15(2,3)18)27-13(24)10-5-7-11(8-6-10)17(21,22)23/h5-8,12H,4,9H2,1-3H3. The molecule has 4 nitrogen and oxygen atoms in total. The molecule has 0 saturated carbocycles. The Morgan fingerprint density at radius 1 is 1.07 bits per heavy atom. The molecule has 0 aliphatic carbocycles. The van der Waals surface area contributed by atoms with Gasteiger partial charge in [-0.3, -0.25) is 0 Å². The third-order valence-corrected chi connectivity index (χ3v) is 3.99. The van der Waals surface area contributed by atoms with Crippen molar-refractivity contribution in [3.8, 4) is 0 Å². The maximum absolute atomic E-state index is 14.0. The largest absolute Gasteiger partial charge is 0.462 e. The second-order valence-corrected chi connectivity index (χ2v) is 8.21. The third-order valence-electron chi connectivity index (χ3n) is 3.48. The number of alkyl halides is 6. The van der Waals surface area contributed by atoms with Gasteiger partial charge in [0.25, 0.3) is 0 Å². The van der Waals surface area contributed by atoms with Gasteiger partial charge in [0.2, 0.25) is 0 Å². The van der Waals surface area contributed by atoms with Crippen LogP contribution in [-0.4, -0.2) is 34.9 Å². The fourth-order valence-electron chi connectivity index (χ4n) is 1.97. The van der Waals surface area contributed by atoms with Gasteiger partial charge in [0.1, 0.15) is 6.10 Å². The summed E-state index contributed by atoms with van der Waals surface area (Å²) in [5.74, 6) is -6.76. The molecule has 27 heavy (non-hydrogen) atoms. The molecule has 1 aromatic carbocycles. The highest BCUT2D eigenvalue weighted by Gasteiger charge is 2.47. The van der Waals surface area contributed by atoms with Crippen LogP contribution >= 0.6 is 15.9 Å². The molecular weight excluding hydrogens is 443 g/mol. The van der Waals surface area contributed by atoms with Crippen LogP contribution in [0, 0.1) is 0 Å². The maximum atomic E-state index is 14.0. The minimum Gasteiger partial charge on any atom is -0.462 e. The van der Waals surface area contributed by atoms with Crippen molar-refractivity contribution in [2.45, 2.75) is 49.7 Å². The molecule has 1 unspecified atom stereocenters. The summed E-state index contributed by atoms with van der Waals surface area (Å²) in [5, 5.41) is 0. The fourth-order valence-corrected chi connectivity index (χ4v) is 2.23. The molecular formula is C17H18BrF5O4. The second-order valence-electron chi connectivity index (χ2n) is 6.16. The van der Waals surface area contributed by atoms with Gasteiger partial charge >= 0.3 is 24.0 Å². The highest BCUT2D eigenvalue weighted by molar-refractivity contribution is 9.10. The summed E-state index contributed by atoms with van der Waals surface area (Å²) >= 11 is 3.11. The SMILES string of the molecule is CCOC(=O)C(F)(F)CC(OC(=O)c1ccc(C(F)(F)F)cc1)C(C)(C)Br. The van der Waals surface area contributed by atoms with E-state index in [0.717, 1.165) is 12.1 Å². The molecule has 1 rings (SSSR count). The van der Waals surface area contributed by atoms with Gasteiger partial charge in [-0.15, -0.1) is 0 Å². The van der Waals surface area contributed by atoms with Gasteiger partial charge in [0.05, 0.1) is 28.5 Å². The summed E-state index contributed by atoms with van der Waals surface area (Å²) in [6.07, 6.45) is -7.20. The Morgan fingerprint density at radius 3 is 2.00 bits per heavy atom. The van der Waals surface area contributed by atoms with Crippen LogP contribution in [0.5, 0.6) is 0 Å². The van der Waals surface area contributed by atoms with Gasteiger partial charge in [0, 0.05) is 0 Å². The molecule has 0 bridgehead atoms. The highest BCUT2D eigenvalue weighted by Crippen LogP contribution is 2.34. The van der Waals surface area contributed by atoms with Crippen molar-refractivity contribution in [2.24, 2.45) is 0 Å². The molecule has 0 heterocycles. The Bertz CT molecular complexity index is 665. The van der Waals surface area contributed by atoms with Gasteiger partial charge in [0.15, 0.2) is 0 Å². The van der Waals surface area contributed by atoms with Crippen molar-refractivity contribution in [1.82, 2.24) is 0 Å². The predicted molar refractivity (Wildman–Crippen MR) is 89.9 cm³/mol. The number of hydrogen-bond donors (Lipinski definition) is 0. The van der Waals surface area contributed by atoms with Crippen molar-refractivity contribution >= 4 is 27.9 Å². The van der Waals surface area contributed by atoms with Crippen LogP contribution in [0.1, 0.15) is 43.1 Å². The molecule has 0 aromatic heterocycles. The van der Waals surface area contributed by atoms with Gasteiger partial charge in [-0.25, -0.2) is 9.59 Å². The van der Waals surface area contributed by atoms with Crippen LogP contribution in [0.15, 0.2) is 24.3 Å². The Hall–Kier alpha value is -1.71. The zero-order valence-electron chi connectivity index (χ0n) is 14.7. The third kappa shape index (κ3) is 6.75. The molecule has 152 valence electrons. The lowest BCUT2D eigenvalue weighted by atomic mass is 9.99. The lowest BCUT2D eigenvalue weighted by Gasteiger charge is -2.30. The Labute approximate surface area is 161 Å². The number of carbonyl (C=O) groups is 2. The van der Waals surface area contributed by atoms with Crippen molar-refractivity contribution in [1.29, 1.82) is 0 Å². The van der Waals surface area contributed by atoms with E-state index in [1.165, 1.54) is 20.8 Å². The lowest BCUT2D eigenvalue weighted by molar-refractivity contribution is -0.176. The van der Waals surface area contributed by atoms with Crippen LogP contribution in [-0.2, 0) is 20.4 Å². The minimum atomic E-state index is -4.58. The number of halogens is 6. The average molecular weight is 461 g/mol. The molecule has 1 atom stereocenters. The van der Waals surface area contributed by atoms with E-state index in [4.69, 9.17) is 4.74 Å². The van der Waals surface area contributed by atoms with Crippen molar-refractivity contribution < 1.29 is 41.0 Å². The average Bonchev–Trinajstić information content (AvgIpc) is 2.52. The maximum Gasteiger partial charge on any atom is 0.416 e. The van der Waals surface area contributed by atoms with Gasteiger partial charge in [-0.2, -0.15) is 22.0 Å². The highest BCUT2D eigenvalue weighted by atomic mass is 79.9. The number of ether oxygens (including phenoxy) is 2. The van der Waals surface area contributed by atoms with E-state index in [1.54, 1.807) is 0 Å². The summed E-state index contributed by atoms with van der Waals surface area (Å²) in [7, 11) is 0. The zero-order valence-corrected chi connectivity index (χ0v) is 16.3. The number of carbonyl (C=O) groups excluding carboxylic acids is 2. The summed E-state index contributed by atoms with van der Waals surface area (Å²) in [6, 6.07) is 3.12. The first-order valence-corrected chi connectivity index (χ1v) is 8.60. The molecule has 0 spiro atoms. The smallest absolute Gasteiger partial charge is 0.416 e. The van der Waals surface area contributed by atoms with E-state index in [0.29, 0.717) is 12.1 Å². The van der Waals surface area contributed by atoms with Crippen molar-refractivity contribution in [3.63, 3.8) is 0 Å². The normalized spacial score (nSPS) is 13.8. The van der Waals surface area contributed by atoms with E-state index in [2.05, 4.69) is 20.7 Å². The van der Waals surface area contributed by atoms with E-state index in [9.17, 15) is 31.5 Å². The molecule has 0 fully saturated rings. The summed E-state index contributed by atoms with van der Waals surface area (Å²) in [5.41, 5.74) is -1.21. The molecule has 0 N–H and O–H groups in total. The van der Waals surface area contributed by atoms with Gasteiger partial charge < -0.3 is 9.47 Å². The monoisotopic (exact) mass is 460 g/mol. The Kier molecular flexibility index (Phi) is 7.37. The van der Waals surface area contributed by atoms with E-state index < -0.39 is 46.4 Å². The van der Waals surface area contributed by atoms with Crippen molar-refractivity contribution in [2.75, 3.05) is 6.61 Å². The predicted octanol–water partition coefficient (Wildman–Crippen LogP) is 4.99. The fraction of sp³-hybridized carbons (Fsp3) is 0.529. The van der Waals surface area contributed by atoms with Gasteiger partial charge in [-0.1, -0.05) is 15.9 Å². The lowest BCUT2D eigenvalue weighted by Crippen LogP contribution is -2.43. The number of rotatable bonds is 7. The first-order valence-electron chi connectivity index (χ1n) is 7.80. The van der Waals surface area contributed by atoms with Crippen LogP contribution in [0.2, 0.25) is 0 Å². The van der Waals surface area contributed by atoms with E-state index in [-0.39, 0.29) is 12.2 Å². The van der Waals surface area contributed by atoms with Crippen LogP contribution < -0.4 is 0 Å². The second kappa shape index (κ2) is 8.53. The summed E-state index contributed by atoms with van der Waals surface area (Å²) in [4.78, 5) is 23.5. The van der Waals surface area contributed by atoms with Crippen LogP contribution in [0.3, 0.4) is 0 Å². The number of benzene rings is 1. The zero-order chi connectivity index (χ0) is 21.0. The Morgan fingerprint density at radius 2 is 1.59 bits per heavy atom. The number of hydrogen-bond acceptors (Lipinski definition) is 4. The van der Waals surface area contributed by atoms with E-state index in [1.807, 2.05) is 0 Å². The molecule has 10 heteroatoms. The molecule has 0 aliphatic rings. The van der Waals surface area contributed by atoms with Crippen LogP contribution in [0.4, 0.5) is 22.0 Å². The van der Waals surface area contributed by atoms with E-state index >= 15 is 0 Å².